The highest BCUT2D eigenvalue weighted by Crippen LogP contribution is 2.24. The zero-order chi connectivity index (χ0) is 13.4. The molecule has 0 aliphatic rings. The van der Waals surface area contributed by atoms with Gasteiger partial charge in [-0.2, -0.15) is 0 Å². The molecule has 1 aromatic carbocycles. The van der Waals surface area contributed by atoms with Gasteiger partial charge in [-0.25, -0.2) is 14.4 Å². The maximum absolute atomic E-state index is 13.7. The predicted octanol–water partition coefficient (Wildman–Crippen LogP) is 3.61. The minimum absolute atomic E-state index is 0.242. The van der Waals surface area contributed by atoms with Gasteiger partial charge in [-0.1, -0.05) is 6.07 Å². The lowest BCUT2D eigenvalue weighted by Crippen LogP contribution is -2.03. The lowest BCUT2D eigenvalue weighted by Gasteiger charge is -2.10. The molecule has 0 spiro atoms. The van der Waals surface area contributed by atoms with Gasteiger partial charge in [0, 0.05) is 11.8 Å². The number of imidazole rings is 1. The maximum atomic E-state index is 13.7. The van der Waals surface area contributed by atoms with Crippen LogP contribution < -0.4 is 0 Å². The van der Waals surface area contributed by atoms with Crippen LogP contribution in [-0.2, 0) is 5.88 Å². The second-order valence-corrected chi connectivity index (χ2v) is 4.49. The van der Waals surface area contributed by atoms with Crippen molar-refractivity contribution in [2.24, 2.45) is 0 Å². The zero-order valence-electron chi connectivity index (χ0n) is 10.3. The number of nitrogens with zero attached hydrogens (tertiary/aromatic N) is 3. The molecule has 5 heteroatoms. The summed E-state index contributed by atoms with van der Waals surface area (Å²) in [6, 6.07) is 8.63. The number of hydrogen-bond donors (Lipinski definition) is 0. The molecule has 2 aromatic heterocycles. The maximum Gasteiger partial charge on any atom is 0.164 e. The van der Waals surface area contributed by atoms with Crippen LogP contribution in [0.15, 0.2) is 36.5 Å². The van der Waals surface area contributed by atoms with Crippen LogP contribution in [0.25, 0.3) is 16.9 Å². The summed E-state index contributed by atoms with van der Waals surface area (Å²) in [5.74, 6) is 0.645. The zero-order valence-corrected chi connectivity index (χ0v) is 11.0. The van der Waals surface area contributed by atoms with Crippen LogP contribution in [-0.4, -0.2) is 14.5 Å². The molecule has 3 aromatic rings. The van der Waals surface area contributed by atoms with E-state index >= 15 is 0 Å². The molecule has 0 aliphatic heterocycles. The van der Waals surface area contributed by atoms with Crippen molar-refractivity contribution < 1.29 is 4.39 Å². The van der Waals surface area contributed by atoms with Gasteiger partial charge in [0.25, 0.3) is 0 Å². The third-order valence-electron chi connectivity index (χ3n) is 3.09. The number of rotatable bonds is 2. The van der Waals surface area contributed by atoms with Gasteiger partial charge in [0.05, 0.1) is 11.6 Å². The monoisotopic (exact) mass is 275 g/mol. The Bertz CT molecular complexity index is 752. The molecular weight excluding hydrogens is 265 g/mol. The first-order valence-corrected chi connectivity index (χ1v) is 6.39. The van der Waals surface area contributed by atoms with E-state index in [1.807, 2.05) is 18.2 Å². The average molecular weight is 276 g/mol. The number of pyridine rings is 1. The van der Waals surface area contributed by atoms with Gasteiger partial charge in [0.2, 0.25) is 0 Å². The SMILES string of the molecule is Cc1c(F)cccc1-n1c(CCl)nc2cccnc21. The van der Waals surface area contributed by atoms with E-state index in [2.05, 4.69) is 9.97 Å². The quantitative estimate of drug-likeness (QED) is 0.669. The lowest BCUT2D eigenvalue weighted by molar-refractivity contribution is 0.617. The van der Waals surface area contributed by atoms with Crippen molar-refractivity contribution in [2.75, 3.05) is 0 Å². The van der Waals surface area contributed by atoms with Gasteiger partial charge in [-0.15, -0.1) is 11.6 Å². The van der Waals surface area contributed by atoms with E-state index in [0.29, 0.717) is 17.0 Å². The fourth-order valence-electron chi connectivity index (χ4n) is 2.14. The van der Waals surface area contributed by atoms with Gasteiger partial charge in [0.1, 0.15) is 17.2 Å². The van der Waals surface area contributed by atoms with Crippen LogP contribution in [0, 0.1) is 12.7 Å². The van der Waals surface area contributed by atoms with Crippen molar-refractivity contribution in [1.29, 1.82) is 0 Å². The van der Waals surface area contributed by atoms with Crippen molar-refractivity contribution >= 4 is 22.8 Å². The lowest BCUT2D eigenvalue weighted by atomic mass is 10.2. The van der Waals surface area contributed by atoms with Gasteiger partial charge < -0.3 is 0 Å². The summed E-state index contributed by atoms with van der Waals surface area (Å²) in [5.41, 5.74) is 2.71. The molecule has 2 heterocycles. The molecule has 3 rings (SSSR count). The first-order valence-electron chi connectivity index (χ1n) is 5.86. The number of hydrogen-bond acceptors (Lipinski definition) is 2. The Hall–Kier alpha value is -1.94. The number of fused-ring (bicyclic) bond motifs is 1. The van der Waals surface area contributed by atoms with E-state index < -0.39 is 0 Å². The molecule has 19 heavy (non-hydrogen) atoms. The highest BCUT2D eigenvalue weighted by molar-refractivity contribution is 6.16. The summed E-state index contributed by atoms with van der Waals surface area (Å²) in [7, 11) is 0. The van der Waals surface area contributed by atoms with Gasteiger partial charge >= 0.3 is 0 Å². The molecule has 0 radical (unpaired) electrons. The molecular formula is C14H11ClFN3. The fraction of sp³-hybridized carbons (Fsp3) is 0.143. The predicted molar refractivity (Wildman–Crippen MR) is 73.1 cm³/mol. The van der Waals surface area contributed by atoms with Crippen molar-refractivity contribution in [3.05, 3.63) is 53.7 Å². The number of benzene rings is 1. The van der Waals surface area contributed by atoms with Crippen molar-refractivity contribution in [3.8, 4) is 5.69 Å². The Balaban J connectivity index is 2.38. The molecule has 0 saturated heterocycles. The van der Waals surface area contributed by atoms with Crippen molar-refractivity contribution in [2.45, 2.75) is 12.8 Å². The van der Waals surface area contributed by atoms with E-state index in [4.69, 9.17) is 11.6 Å². The average Bonchev–Trinajstić information content (AvgIpc) is 2.80. The largest absolute Gasteiger partial charge is 0.279 e. The van der Waals surface area contributed by atoms with Gasteiger partial charge in [-0.3, -0.25) is 4.57 Å². The summed E-state index contributed by atoms with van der Waals surface area (Å²) >= 11 is 5.94. The third kappa shape index (κ3) is 1.88. The van der Waals surface area contributed by atoms with Crippen LogP contribution >= 0.6 is 11.6 Å². The standard InChI is InChI=1S/C14H11ClFN3/c1-9-10(16)4-2-6-12(9)19-13(8-15)18-11-5-3-7-17-14(11)19/h2-7H,8H2,1H3. The van der Waals surface area contributed by atoms with E-state index in [1.54, 1.807) is 23.8 Å². The Morgan fingerprint density at radius 3 is 2.89 bits per heavy atom. The summed E-state index contributed by atoms with van der Waals surface area (Å²) in [6.07, 6.45) is 1.69. The number of aromatic nitrogens is 3. The van der Waals surface area contributed by atoms with Crippen LogP contribution in [0.2, 0.25) is 0 Å². The van der Waals surface area contributed by atoms with Crippen LogP contribution in [0.4, 0.5) is 4.39 Å². The molecule has 0 saturated carbocycles. The number of alkyl halides is 1. The first-order chi connectivity index (χ1) is 9.22. The summed E-state index contributed by atoms with van der Waals surface area (Å²) < 4.78 is 15.5. The molecule has 0 bridgehead atoms. The molecule has 0 aliphatic carbocycles. The second-order valence-electron chi connectivity index (χ2n) is 4.23. The third-order valence-corrected chi connectivity index (χ3v) is 3.32. The second kappa shape index (κ2) is 4.63. The van der Waals surface area contributed by atoms with Gasteiger partial charge in [0.15, 0.2) is 5.65 Å². The van der Waals surface area contributed by atoms with Crippen LogP contribution in [0.3, 0.4) is 0 Å². The summed E-state index contributed by atoms with van der Waals surface area (Å²) in [4.78, 5) is 8.74. The van der Waals surface area contributed by atoms with Crippen LogP contribution in [0.1, 0.15) is 11.4 Å². The molecule has 0 N–H and O–H groups in total. The molecule has 96 valence electrons. The first kappa shape index (κ1) is 12.1. The topological polar surface area (TPSA) is 30.7 Å². The number of halogens is 2. The highest BCUT2D eigenvalue weighted by Gasteiger charge is 2.15. The fourth-order valence-corrected chi connectivity index (χ4v) is 2.32. The van der Waals surface area contributed by atoms with Crippen molar-refractivity contribution in [3.63, 3.8) is 0 Å². The van der Waals surface area contributed by atoms with Gasteiger partial charge in [-0.05, 0) is 31.2 Å². The minimum Gasteiger partial charge on any atom is -0.279 e. The Morgan fingerprint density at radius 2 is 2.11 bits per heavy atom. The molecule has 0 atom stereocenters. The normalized spacial score (nSPS) is 11.1. The highest BCUT2D eigenvalue weighted by atomic mass is 35.5. The van der Waals surface area contributed by atoms with E-state index in [-0.39, 0.29) is 11.7 Å². The molecule has 0 unspecified atom stereocenters. The van der Waals surface area contributed by atoms with E-state index in [1.165, 1.54) is 6.07 Å². The Labute approximate surface area is 114 Å². The van der Waals surface area contributed by atoms with E-state index in [0.717, 1.165) is 11.2 Å². The Morgan fingerprint density at radius 1 is 1.26 bits per heavy atom. The molecule has 3 nitrogen and oxygen atoms in total. The summed E-state index contributed by atoms with van der Waals surface area (Å²) in [6.45, 7) is 1.73. The minimum atomic E-state index is -0.254. The Kier molecular flexibility index (Phi) is 2.95. The molecule has 0 fully saturated rings. The van der Waals surface area contributed by atoms with Crippen molar-refractivity contribution in [1.82, 2.24) is 14.5 Å². The van der Waals surface area contributed by atoms with E-state index in [9.17, 15) is 4.39 Å². The van der Waals surface area contributed by atoms with Crippen LogP contribution in [0.5, 0.6) is 0 Å². The smallest absolute Gasteiger partial charge is 0.164 e. The molecule has 0 amide bonds. The summed E-state index contributed by atoms with van der Waals surface area (Å²) in [5, 5.41) is 0.